The summed E-state index contributed by atoms with van der Waals surface area (Å²) in [6, 6.07) is 0. The van der Waals surface area contributed by atoms with Crippen molar-refractivity contribution in [2.75, 3.05) is 38.3 Å². The molecule has 0 bridgehead atoms. The van der Waals surface area contributed by atoms with E-state index in [1.807, 2.05) is 17.1 Å². The van der Waals surface area contributed by atoms with Crippen LogP contribution in [0, 0.1) is 6.92 Å². The van der Waals surface area contributed by atoms with Crippen molar-refractivity contribution in [3.05, 3.63) is 28.2 Å². The van der Waals surface area contributed by atoms with Gasteiger partial charge in [0.25, 0.3) is 0 Å². The van der Waals surface area contributed by atoms with Gasteiger partial charge in [0.05, 0.1) is 37.3 Å². The number of rotatable bonds is 5. The Hall–Kier alpha value is -2.10. The summed E-state index contributed by atoms with van der Waals surface area (Å²) < 4.78 is 7.44. The number of aryl methyl sites for hydroxylation is 2. The molecule has 1 aliphatic heterocycles. The van der Waals surface area contributed by atoms with E-state index in [1.54, 1.807) is 17.7 Å². The second-order valence-corrected chi connectivity index (χ2v) is 7.56. The molecule has 9 heteroatoms. The van der Waals surface area contributed by atoms with Crippen LogP contribution in [0.5, 0.6) is 0 Å². The monoisotopic (exact) mass is 373 g/mol. The molecule has 1 fully saturated rings. The lowest BCUT2D eigenvalue weighted by Crippen LogP contribution is -2.37. The number of ether oxygens (including phenoxy) is 1. The smallest absolute Gasteiger partial charge is 0.165 e. The number of thiazole rings is 1. The fourth-order valence-electron chi connectivity index (χ4n) is 3.12. The fraction of sp³-hybridized carbons (Fsp3) is 0.529. The van der Waals surface area contributed by atoms with Gasteiger partial charge in [-0.2, -0.15) is 0 Å². The molecule has 0 spiro atoms. The first-order chi connectivity index (χ1) is 12.6. The summed E-state index contributed by atoms with van der Waals surface area (Å²) in [6.45, 7) is 6.67. The Balaban J connectivity index is 1.62. The van der Waals surface area contributed by atoms with E-state index >= 15 is 0 Å². The van der Waals surface area contributed by atoms with Gasteiger partial charge in [-0.15, -0.1) is 11.3 Å². The average Bonchev–Trinajstić information content (AvgIpc) is 3.21. The molecule has 0 unspecified atom stereocenters. The van der Waals surface area contributed by atoms with Crippen molar-refractivity contribution >= 4 is 28.3 Å². The van der Waals surface area contributed by atoms with E-state index < -0.39 is 0 Å². The van der Waals surface area contributed by atoms with Crippen LogP contribution in [0.4, 0.5) is 5.82 Å². The molecule has 8 nitrogen and oxygen atoms in total. The van der Waals surface area contributed by atoms with E-state index in [9.17, 15) is 0 Å². The highest BCUT2D eigenvalue weighted by atomic mass is 32.1. The minimum atomic E-state index is 0.676. The van der Waals surface area contributed by atoms with Crippen molar-refractivity contribution in [3.63, 3.8) is 0 Å². The van der Waals surface area contributed by atoms with Crippen LogP contribution in [0.25, 0.3) is 11.2 Å². The van der Waals surface area contributed by atoms with E-state index in [0.29, 0.717) is 6.54 Å². The third-order valence-corrected chi connectivity index (χ3v) is 5.49. The summed E-state index contributed by atoms with van der Waals surface area (Å²) in [6.07, 6.45) is 1.80. The zero-order valence-electron chi connectivity index (χ0n) is 15.3. The Morgan fingerprint density at radius 3 is 2.73 bits per heavy atom. The Kier molecular flexibility index (Phi) is 4.84. The van der Waals surface area contributed by atoms with Crippen LogP contribution in [0.1, 0.15) is 16.4 Å². The van der Waals surface area contributed by atoms with Crippen LogP contribution < -0.4 is 4.90 Å². The molecule has 0 atom stereocenters. The van der Waals surface area contributed by atoms with E-state index in [1.165, 1.54) is 4.88 Å². The van der Waals surface area contributed by atoms with Gasteiger partial charge in [0, 0.05) is 31.6 Å². The average molecular weight is 373 g/mol. The first-order valence-corrected chi connectivity index (χ1v) is 9.58. The van der Waals surface area contributed by atoms with Gasteiger partial charge in [-0.1, -0.05) is 0 Å². The zero-order valence-corrected chi connectivity index (χ0v) is 16.2. The number of hydrogen-bond donors (Lipinski definition) is 0. The van der Waals surface area contributed by atoms with Gasteiger partial charge in [-0.05, 0) is 14.0 Å². The first-order valence-electron chi connectivity index (χ1n) is 8.70. The molecular weight excluding hydrogens is 350 g/mol. The third-order valence-electron chi connectivity index (χ3n) is 4.57. The summed E-state index contributed by atoms with van der Waals surface area (Å²) in [5.41, 5.74) is 4.73. The van der Waals surface area contributed by atoms with Gasteiger partial charge < -0.3 is 14.2 Å². The Morgan fingerprint density at radius 1 is 1.19 bits per heavy atom. The Bertz CT molecular complexity index is 900. The lowest BCUT2D eigenvalue weighted by Gasteiger charge is -2.28. The molecule has 0 radical (unpaired) electrons. The number of nitrogens with zero attached hydrogens (tertiary/aromatic N) is 7. The van der Waals surface area contributed by atoms with Gasteiger partial charge in [0.1, 0.15) is 5.82 Å². The van der Waals surface area contributed by atoms with Gasteiger partial charge in [0.2, 0.25) is 0 Å². The van der Waals surface area contributed by atoms with Gasteiger partial charge in [-0.25, -0.2) is 19.9 Å². The zero-order chi connectivity index (χ0) is 18.1. The molecule has 26 heavy (non-hydrogen) atoms. The van der Waals surface area contributed by atoms with Crippen molar-refractivity contribution in [2.24, 2.45) is 7.05 Å². The standard InChI is InChI=1S/C17H23N7OS/c1-12-13(26-11-19-12)8-22(2)9-14-20-16-15(18-10-23(16)3)17(21-14)24-4-6-25-7-5-24/h10-11H,4-9H2,1-3H3. The summed E-state index contributed by atoms with van der Waals surface area (Å²) >= 11 is 1.69. The second-order valence-electron chi connectivity index (χ2n) is 6.62. The van der Waals surface area contributed by atoms with Crippen LogP contribution in [0.3, 0.4) is 0 Å². The number of morpholine rings is 1. The summed E-state index contributed by atoms with van der Waals surface area (Å²) in [7, 11) is 4.06. The minimum Gasteiger partial charge on any atom is -0.378 e. The van der Waals surface area contributed by atoms with Crippen molar-refractivity contribution in [2.45, 2.75) is 20.0 Å². The Morgan fingerprint density at radius 2 is 2.00 bits per heavy atom. The number of aromatic nitrogens is 5. The maximum absolute atomic E-state index is 5.48. The van der Waals surface area contributed by atoms with Crippen LogP contribution in [0.2, 0.25) is 0 Å². The lowest BCUT2D eigenvalue weighted by atomic mass is 10.3. The molecule has 3 aromatic rings. The van der Waals surface area contributed by atoms with Crippen molar-refractivity contribution in [3.8, 4) is 0 Å². The maximum Gasteiger partial charge on any atom is 0.165 e. The molecule has 1 saturated heterocycles. The molecule has 3 aromatic heterocycles. The second kappa shape index (κ2) is 7.26. The molecular formula is C17H23N7OS. The van der Waals surface area contributed by atoms with Crippen LogP contribution in [-0.2, 0) is 24.9 Å². The number of hydrogen-bond acceptors (Lipinski definition) is 8. The van der Waals surface area contributed by atoms with Gasteiger partial charge in [-0.3, -0.25) is 4.90 Å². The molecule has 1 aliphatic rings. The van der Waals surface area contributed by atoms with Gasteiger partial charge >= 0.3 is 0 Å². The van der Waals surface area contributed by atoms with E-state index in [-0.39, 0.29) is 0 Å². The SMILES string of the molecule is Cc1ncsc1CN(C)Cc1nc(N2CCOCC2)c2ncn(C)c2n1. The van der Waals surface area contributed by atoms with Crippen LogP contribution in [-0.4, -0.2) is 62.8 Å². The number of imidazole rings is 1. The molecule has 138 valence electrons. The maximum atomic E-state index is 5.48. The van der Waals surface area contributed by atoms with E-state index in [4.69, 9.17) is 14.7 Å². The van der Waals surface area contributed by atoms with E-state index in [2.05, 4.69) is 33.7 Å². The molecule has 0 saturated carbocycles. The minimum absolute atomic E-state index is 0.676. The normalized spacial score (nSPS) is 15.3. The third kappa shape index (κ3) is 3.42. The molecule has 4 rings (SSSR count). The van der Waals surface area contributed by atoms with Crippen molar-refractivity contribution in [1.29, 1.82) is 0 Å². The van der Waals surface area contributed by atoms with Crippen LogP contribution >= 0.6 is 11.3 Å². The van der Waals surface area contributed by atoms with E-state index in [0.717, 1.165) is 61.3 Å². The van der Waals surface area contributed by atoms with Gasteiger partial charge in [0.15, 0.2) is 17.0 Å². The number of anilines is 1. The Labute approximate surface area is 156 Å². The topological polar surface area (TPSA) is 72.2 Å². The molecule has 0 aromatic carbocycles. The highest BCUT2D eigenvalue weighted by Crippen LogP contribution is 2.24. The van der Waals surface area contributed by atoms with Crippen molar-refractivity contribution in [1.82, 2.24) is 29.4 Å². The lowest BCUT2D eigenvalue weighted by molar-refractivity contribution is 0.122. The molecule has 0 N–H and O–H groups in total. The molecule has 4 heterocycles. The highest BCUT2D eigenvalue weighted by Gasteiger charge is 2.20. The number of fused-ring (bicyclic) bond motifs is 1. The first kappa shape index (κ1) is 17.3. The predicted molar refractivity (Wildman–Crippen MR) is 101 cm³/mol. The summed E-state index contributed by atoms with van der Waals surface area (Å²) in [4.78, 5) is 24.2. The molecule has 0 amide bonds. The van der Waals surface area contributed by atoms with Crippen molar-refractivity contribution < 1.29 is 4.74 Å². The van der Waals surface area contributed by atoms with Crippen LogP contribution in [0.15, 0.2) is 11.8 Å². The fourth-order valence-corrected chi connectivity index (χ4v) is 3.98. The highest BCUT2D eigenvalue weighted by molar-refractivity contribution is 7.09. The summed E-state index contributed by atoms with van der Waals surface area (Å²) in [5.74, 6) is 1.73. The predicted octanol–water partition coefficient (Wildman–Crippen LogP) is 1.60. The quantitative estimate of drug-likeness (QED) is 0.672. The summed E-state index contributed by atoms with van der Waals surface area (Å²) in [5, 5.41) is 0. The molecule has 0 aliphatic carbocycles. The largest absolute Gasteiger partial charge is 0.378 e.